The second-order valence-corrected chi connectivity index (χ2v) is 7.19. The van der Waals surface area contributed by atoms with Gasteiger partial charge in [-0.3, -0.25) is 4.79 Å². The third kappa shape index (κ3) is 7.35. The third-order valence-electron chi connectivity index (χ3n) is 4.93. The molecular weight excluding hydrogens is 362 g/mol. The summed E-state index contributed by atoms with van der Waals surface area (Å²) in [6, 6.07) is 15.8. The van der Waals surface area contributed by atoms with Crippen molar-refractivity contribution >= 4 is 23.0 Å². The number of nitrogens with zero attached hydrogens (tertiary/aromatic N) is 1. The van der Waals surface area contributed by atoms with E-state index < -0.39 is 0 Å². The summed E-state index contributed by atoms with van der Waals surface area (Å²) in [6.45, 7) is 5.54. The molecule has 1 amide bonds. The van der Waals surface area contributed by atoms with Crippen molar-refractivity contribution in [1.29, 1.82) is 5.41 Å². The van der Waals surface area contributed by atoms with Crippen LogP contribution in [0.3, 0.4) is 0 Å². The van der Waals surface area contributed by atoms with Crippen LogP contribution in [0.5, 0.6) is 0 Å². The highest BCUT2D eigenvalue weighted by Gasteiger charge is 2.09. The highest BCUT2D eigenvalue weighted by Crippen LogP contribution is 2.17. The number of aliphatic hydroxyl groups is 1. The Kier molecular flexibility index (Phi) is 9.38. The molecule has 0 fully saturated rings. The van der Waals surface area contributed by atoms with Crippen LogP contribution < -0.4 is 10.2 Å². The van der Waals surface area contributed by atoms with Gasteiger partial charge in [0, 0.05) is 36.6 Å². The Morgan fingerprint density at radius 3 is 2.28 bits per heavy atom. The Balaban J connectivity index is 1.83. The summed E-state index contributed by atoms with van der Waals surface area (Å²) >= 11 is 0. The Hall–Kier alpha value is -2.66. The molecule has 2 aromatic rings. The van der Waals surface area contributed by atoms with E-state index in [9.17, 15) is 9.90 Å². The highest BCUT2D eigenvalue weighted by atomic mass is 16.3. The van der Waals surface area contributed by atoms with Gasteiger partial charge in [0.15, 0.2) is 0 Å². The molecule has 29 heavy (non-hydrogen) atoms. The number of carbonyl (C=O) groups excluding carboxylic acids is 1. The number of nitrogens with one attached hydrogen (secondary N) is 2. The zero-order chi connectivity index (χ0) is 21.1. The van der Waals surface area contributed by atoms with Gasteiger partial charge in [-0.1, -0.05) is 44.5 Å². The molecule has 5 nitrogen and oxygen atoms in total. The molecule has 0 atom stereocenters. The number of carbonyl (C=O) groups is 1. The normalized spacial score (nSPS) is 10.6. The molecule has 0 aliphatic heterocycles. The van der Waals surface area contributed by atoms with Gasteiger partial charge in [-0.05, 0) is 54.7 Å². The quantitative estimate of drug-likeness (QED) is 0.458. The largest absolute Gasteiger partial charge is 0.395 e. The maximum Gasteiger partial charge on any atom is 0.224 e. The van der Waals surface area contributed by atoms with Crippen LogP contribution in [0.25, 0.3) is 0 Å². The molecule has 0 saturated heterocycles. The van der Waals surface area contributed by atoms with Gasteiger partial charge < -0.3 is 20.7 Å². The smallest absolute Gasteiger partial charge is 0.224 e. The molecule has 0 spiro atoms. The summed E-state index contributed by atoms with van der Waals surface area (Å²) < 4.78 is 0. The van der Waals surface area contributed by atoms with Gasteiger partial charge in [0.25, 0.3) is 0 Å². The van der Waals surface area contributed by atoms with Crippen LogP contribution in [0.15, 0.2) is 48.5 Å². The van der Waals surface area contributed by atoms with E-state index >= 15 is 0 Å². The number of benzene rings is 2. The summed E-state index contributed by atoms with van der Waals surface area (Å²) in [5.74, 6) is -0.0216. The lowest BCUT2D eigenvalue weighted by atomic mass is 10.1. The molecule has 0 aliphatic rings. The number of aliphatic hydroxyl groups excluding tert-OH is 1. The van der Waals surface area contributed by atoms with E-state index in [0.717, 1.165) is 36.2 Å². The van der Waals surface area contributed by atoms with Gasteiger partial charge in [-0.2, -0.15) is 0 Å². The molecule has 5 heteroatoms. The summed E-state index contributed by atoms with van der Waals surface area (Å²) in [6.07, 6.45) is 3.84. The zero-order valence-corrected chi connectivity index (χ0v) is 17.6. The van der Waals surface area contributed by atoms with Crippen LogP contribution in [-0.4, -0.2) is 36.4 Å². The minimum absolute atomic E-state index is 0.0216. The molecule has 2 aromatic carbocycles. The number of hydrogen-bond donors (Lipinski definition) is 3. The Morgan fingerprint density at radius 1 is 1.00 bits per heavy atom. The van der Waals surface area contributed by atoms with E-state index in [1.807, 2.05) is 24.3 Å². The first kappa shape index (κ1) is 22.6. The topological polar surface area (TPSA) is 76.4 Å². The zero-order valence-electron chi connectivity index (χ0n) is 17.6. The molecule has 0 heterocycles. The van der Waals surface area contributed by atoms with Crippen molar-refractivity contribution in [1.82, 2.24) is 0 Å². The van der Waals surface area contributed by atoms with Crippen molar-refractivity contribution < 1.29 is 9.90 Å². The fourth-order valence-electron chi connectivity index (χ4n) is 3.24. The van der Waals surface area contributed by atoms with Crippen LogP contribution in [0, 0.1) is 5.41 Å². The summed E-state index contributed by atoms with van der Waals surface area (Å²) in [4.78, 5) is 14.4. The van der Waals surface area contributed by atoms with Gasteiger partial charge in [0.05, 0.1) is 6.61 Å². The van der Waals surface area contributed by atoms with Gasteiger partial charge in [-0.15, -0.1) is 0 Å². The van der Waals surface area contributed by atoms with E-state index in [1.54, 1.807) is 0 Å². The lowest BCUT2D eigenvalue weighted by Gasteiger charge is -2.24. The molecule has 3 N–H and O–H groups in total. The first-order valence-electron chi connectivity index (χ1n) is 10.5. The molecule has 0 bridgehead atoms. The Bertz CT molecular complexity index is 770. The van der Waals surface area contributed by atoms with E-state index in [-0.39, 0.29) is 12.5 Å². The van der Waals surface area contributed by atoms with Gasteiger partial charge in [0.1, 0.15) is 0 Å². The number of amides is 1. The van der Waals surface area contributed by atoms with E-state index in [1.165, 1.54) is 5.56 Å². The first-order chi connectivity index (χ1) is 14.1. The third-order valence-corrected chi connectivity index (χ3v) is 4.93. The Morgan fingerprint density at radius 2 is 1.69 bits per heavy atom. The minimum atomic E-state index is -0.0216. The van der Waals surface area contributed by atoms with Crippen molar-refractivity contribution in [2.75, 3.05) is 29.9 Å². The second kappa shape index (κ2) is 12.0. The number of hydrogen-bond acceptors (Lipinski definition) is 4. The SMILES string of the molecule is CCCC(=N)c1ccc(NC(=O)CCCN(CCO)c2ccc(CC)cc2)cc1. The fraction of sp³-hybridized carbons (Fsp3) is 0.417. The lowest BCUT2D eigenvalue weighted by Crippen LogP contribution is -2.28. The van der Waals surface area contributed by atoms with Gasteiger partial charge in [-0.25, -0.2) is 0 Å². The maximum atomic E-state index is 12.3. The summed E-state index contributed by atoms with van der Waals surface area (Å²) in [5.41, 5.74) is 4.64. The molecule has 0 aromatic heterocycles. The van der Waals surface area contributed by atoms with Crippen LogP contribution in [-0.2, 0) is 11.2 Å². The summed E-state index contributed by atoms with van der Waals surface area (Å²) in [5, 5.41) is 20.3. The highest BCUT2D eigenvalue weighted by molar-refractivity contribution is 5.99. The molecule has 0 radical (unpaired) electrons. The molecule has 0 aliphatic carbocycles. The number of anilines is 2. The molecule has 0 saturated carbocycles. The van der Waals surface area contributed by atoms with Gasteiger partial charge in [0.2, 0.25) is 5.91 Å². The average Bonchev–Trinajstić information content (AvgIpc) is 2.74. The number of rotatable bonds is 12. The standard InChI is InChI=1S/C24H33N3O2/c1-3-6-23(25)20-10-12-21(13-11-20)26-24(29)7-5-16-27(17-18-28)22-14-8-19(4-2)9-15-22/h8-15,25,28H,3-7,16-18H2,1-2H3,(H,26,29). The monoisotopic (exact) mass is 395 g/mol. The van der Waals surface area contributed by atoms with Crippen LogP contribution in [0.1, 0.15) is 50.7 Å². The van der Waals surface area contributed by atoms with Gasteiger partial charge >= 0.3 is 0 Å². The van der Waals surface area contributed by atoms with Crippen molar-refractivity contribution in [2.24, 2.45) is 0 Å². The van der Waals surface area contributed by atoms with Crippen LogP contribution >= 0.6 is 0 Å². The van der Waals surface area contributed by atoms with Crippen molar-refractivity contribution in [2.45, 2.75) is 46.0 Å². The lowest BCUT2D eigenvalue weighted by molar-refractivity contribution is -0.116. The second-order valence-electron chi connectivity index (χ2n) is 7.19. The average molecular weight is 396 g/mol. The van der Waals surface area contributed by atoms with E-state index in [2.05, 4.69) is 48.3 Å². The minimum Gasteiger partial charge on any atom is -0.395 e. The molecule has 0 unspecified atom stereocenters. The van der Waals surface area contributed by atoms with Crippen LogP contribution in [0.2, 0.25) is 0 Å². The molecule has 2 rings (SSSR count). The van der Waals surface area contributed by atoms with Crippen molar-refractivity contribution in [3.63, 3.8) is 0 Å². The van der Waals surface area contributed by atoms with E-state index in [0.29, 0.717) is 31.6 Å². The predicted octanol–water partition coefficient (Wildman–Crippen LogP) is 4.63. The van der Waals surface area contributed by atoms with Crippen molar-refractivity contribution in [3.05, 3.63) is 59.7 Å². The number of aryl methyl sites for hydroxylation is 1. The van der Waals surface area contributed by atoms with E-state index in [4.69, 9.17) is 5.41 Å². The maximum absolute atomic E-state index is 12.3. The Labute approximate surface area is 174 Å². The van der Waals surface area contributed by atoms with Crippen LogP contribution in [0.4, 0.5) is 11.4 Å². The molecular formula is C24H33N3O2. The molecule has 156 valence electrons. The summed E-state index contributed by atoms with van der Waals surface area (Å²) in [7, 11) is 0. The van der Waals surface area contributed by atoms with Crippen molar-refractivity contribution in [3.8, 4) is 0 Å². The fourth-order valence-corrected chi connectivity index (χ4v) is 3.24. The first-order valence-corrected chi connectivity index (χ1v) is 10.5. The predicted molar refractivity (Wildman–Crippen MR) is 121 cm³/mol.